The fourth-order valence-corrected chi connectivity index (χ4v) is 1.13. The molecule has 0 N–H and O–H groups in total. The molecule has 0 heterocycles. The van der Waals surface area contributed by atoms with Crippen molar-refractivity contribution >= 4 is 18.4 Å². The van der Waals surface area contributed by atoms with Crippen molar-refractivity contribution in [1.82, 2.24) is 0 Å². The van der Waals surface area contributed by atoms with Gasteiger partial charge >= 0.3 is 0 Å². The fourth-order valence-electron chi connectivity index (χ4n) is 0.960. The van der Waals surface area contributed by atoms with E-state index in [2.05, 4.69) is 12.6 Å². The Morgan fingerprint density at radius 1 is 1.50 bits per heavy atom. The predicted octanol–water partition coefficient (Wildman–Crippen LogP) is 1.81. The van der Waals surface area contributed by atoms with Crippen LogP contribution < -0.4 is 4.74 Å². The van der Waals surface area contributed by atoms with E-state index in [-0.39, 0.29) is 11.5 Å². The molecule has 0 aliphatic heterocycles. The Morgan fingerprint density at radius 2 is 2.17 bits per heavy atom. The summed E-state index contributed by atoms with van der Waals surface area (Å²) in [5, 5.41) is 0. The Kier molecular flexibility index (Phi) is 3.17. The highest BCUT2D eigenvalue weighted by Crippen LogP contribution is 2.17. The molecule has 0 radical (unpaired) electrons. The molecule has 0 unspecified atom stereocenters. The van der Waals surface area contributed by atoms with Crippen molar-refractivity contribution in [3.05, 3.63) is 29.8 Å². The first-order valence-electron chi connectivity index (χ1n) is 3.56. The lowest BCUT2D eigenvalue weighted by molar-refractivity contribution is 0.102. The van der Waals surface area contributed by atoms with E-state index in [1.54, 1.807) is 25.3 Å². The molecular weight excluding hydrogens is 172 g/mol. The first kappa shape index (κ1) is 9.13. The molecular formula is C9H10O2S. The number of ketones is 1. The Balaban J connectivity index is 3.04. The van der Waals surface area contributed by atoms with Crippen LogP contribution in [0.2, 0.25) is 0 Å². The minimum atomic E-state index is -0.0178. The summed E-state index contributed by atoms with van der Waals surface area (Å²) in [4.78, 5) is 11.2. The van der Waals surface area contributed by atoms with Crippen molar-refractivity contribution in [2.24, 2.45) is 0 Å². The molecule has 0 atom stereocenters. The van der Waals surface area contributed by atoms with E-state index >= 15 is 0 Å². The Labute approximate surface area is 77.0 Å². The molecule has 0 aliphatic carbocycles. The molecule has 0 saturated heterocycles. The summed E-state index contributed by atoms with van der Waals surface area (Å²) >= 11 is 3.91. The van der Waals surface area contributed by atoms with Gasteiger partial charge in [-0.2, -0.15) is 12.6 Å². The van der Waals surface area contributed by atoms with Crippen molar-refractivity contribution in [3.63, 3.8) is 0 Å². The van der Waals surface area contributed by atoms with Crippen molar-refractivity contribution in [1.29, 1.82) is 0 Å². The third-order valence-corrected chi connectivity index (χ3v) is 1.84. The highest BCUT2D eigenvalue weighted by molar-refractivity contribution is 7.81. The number of Topliss-reactive ketones (excluding diaryl/α,β-unsaturated/α-hetero) is 1. The number of rotatable bonds is 3. The van der Waals surface area contributed by atoms with Crippen LogP contribution in [0.15, 0.2) is 24.3 Å². The largest absolute Gasteiger partial charge is 0.496 e. The molecule has 1 aromatic carbocycles. The smallest absolute Gasteiger partial charge is 0.176 e. The van der Waals surface area contributed by atoms with Crippen LogP contribution in [0.3, 0.4) is 0 Å². The van der Waals surface area contributed by atoms with Crippen molar-refractivity contribution < 1.29 is 9.53 Å². The second-order valence-electron chi connectivity index (χ2n) is 2.28. The molecule has 2 nitrogen and oxygen atoms in total. The molecule has 0 aliphatic rings. The number of methoxy groups -OCH3 is 1. The van der Waals surface area contributed by atoms with E-state index in [4.69, 9.17) is 4.74 Å². The minimum Gasteiger partial charge on any atom is -0.496 e. The summed E-state index contributed by atoms with van der Waals surface area (Å²) in [6.45, 7) is 0. The Bertz CT molecular complexity index is 284. The lowest BCUT2D eigenvalue weighted by atomic mass is 10.1. The van der Waals surface area contributed by atoms with E-state index in [0.29, 0.717) is 11.3 Å². The zero-order valence-electron chi connectivity index (χ0n) is 6.78. The summed E-state index contributed by atoms with van der Waals surface area (Å²) in [6.07, 6.45) is 0. The molecule has 0 amide bonds. The Morgan fingerprint density at radius 3 is 2.75 bits per heavy atom. The zero-order chi connectivity index (χ0) is 8.97. The van der Waals surface area contributed by atoms with Gasteiger partial charge in [0.25, 0.3) is 0 Å². The lowest BCUT2D eigenvalue weighted by Crippen LogP contribution is -2.02. The van der Waals surface area contributed by atoms with E-state index < -0.39 is 0 Å². The van der Waals surface area contributed by atoms with Gasteiger partial charge in [0.15, 0.2) is 5.78 Å². The SMILES string of the molecule is COc1ccccc1C(=O)CS. The van der Waals surface area contributed by atoms with Crippen molar-refractivity contribution in [2.75, 3.05) is 12.9 Å². The molecule has 1 aromatic rings. The quantitative estimate of drug-likeness (QED) is 0.570. The number of ether oxygens (including phenoxy) is 1. The molecule has 0 bridgehead atoms. The summed E-state index contributed by atoms with van der Waals surface area (Å²) in [6, 6.07) is 7.13. The van der Waals surface area contributed by atoms with Gasteiger partial charge < -0.3 is 4.74 Å². The first-order valence-corrected chi connectivity index (χ1v) is 4.20. The van der Waals surface area contributed by atoms with Gasteiger partial charge in [-0.25, -0.2) is 0 Å². The monoisotopic (exact) mass is 182 g/mol. The number of thiol groups is 1. The average Bonchev–Trinajstić information content (AvgIpc) is 2.16. The molecule has 3 heteroatoms. The number of carbonyl (C=O) groups excluding carboxylic acids is 1. The van der Waals surface area contributed by atoms with Crippen LogP contribution in [0.4, 0.5) is 0 Å². The molecule has 0 aromatic heterocycles. The van der Waals surface area contributed by atoms with Gasteiger partial charge in [-0.1, -0.05) is 12.1 Å². The third kappa shape index (κ3) is 1.80. The molecule has 64 valence electrons. The number of benzene rings is 1. The van der Waals surface area contributed by atoms with Crippen molar-refractivity contribution in [3.8, 4) is 5.75 Å². The minimum absolute atomic E-state index is 0.0178. The normalized spacial score (nSPS) is 9.50. The topological polar surface area (TPSA) is 26.3 Å². The number of carbonyl (C=O) groups is 1. The summed E-state index contributed by atoms with van der Waals surface area (Å²) in [7, 11) is 1.55. The highest BCUT2D eigenvalue weighted by atomic mass is 32.1. The number of hydrogen-bond acceptors (Lipinski definition) is 3. The maximum Gasteiger partial charge on any atom is 0.176 e. The van der Waals surface area contributed by atoms with E-state index in [1.807, 2.05) is 6.07 Å². The molecule has 0 fully saturated rings. The van der Waals surface area contributed by atoms with Gasteiger partial charge in [0.1, 0.15) is 5.75 Å². The lowest BCUT2D eigenvalue weighted by Gasteiger charge is -2.04. The molecule has 12 heavy (non-hydrogen) atoms. The highest BCUT2D eigenvalue weighted by Gasteiger charge is 2.08. The first-order chi connectivity index (χ1) is 5.79. The number of hydrogen-bond donors (Lipinski definition) is 1. The van der Waals surface area contributed by atoms with E-state index in [9.17, 15) is 4.79 Å². The standard InChI is InChI=1S/C9H10O2S/c1-11-9-5-3-2-4-7(9)8(10)6-12/h2-5,12H,6H2,1H3. The summed E-state index contributed by atoms with van der Waals surface area (Å²) < 4.78 is 5.01. The zero-order valence-corrected chi connectivity index (χ0v) is 7.67. The second kappa shape index (κ2) is 4.16. The van der Waals surface area contributed by atoms with E-state index in [0.717, 1.165) is 0 Å². The predicted molar refractivity (Wildman–Crippen MR) is 51.2 cm³/mol. The third-order valence-electron chi connectivity index (χ3n) is 1.55. The summed E-state index contributed by atoms with van der Waals surface area (Å²) in [5.41, 5.74) is 0.593. The molecule has 0 spiro atoms. The van der Waals surface area contributed by atoms with Crippen LogP contribution in [0, 0.1) is 0 Å². The molecule has 1 rings (SSSR count). The van der Waals surface area contributed by atoms with Gasteiger partial charge in [-0.3, -0.25) is 4.79 Å². The van der Waals surface area contributed by atoms with E-state index in [1.165, 1.54) is 0 Å². The number of para-hydroxylation sites is 1. The Hall–Kier alpha value is -0.960. The van der Waals surface area contributed by atoms with Crippen LogP contribution in [-0.2, 0) is 0 Å². The van der Waals surface area contributed by atoms with Crippen LogP contribution in [0.1, 0.15) is 10.4 Å². The van der Waals surface area contributed by atoms with Crippen LogP contribution >= 0.6 is 12.6 Å². The maximum absolute atomic E-state index is 11.2. The van der Waals surface area contributed by atoms with Crippen molar-refractivity contribution in [2.45, 2.75) is 0 Å². The molecule has 0 saturated carbocycles. The van der Waals surface area contributed by atoms with Crippen LogP contribution in [-0.4, -0.2) is 18.6 Å². The second-order valence-corrected chi connectivity index (χ2v) is 2.60. The van der Waals surface area contributed by atoms with Crippen LogP contribution in [0.5, 0.6) is 5.75 Å². The summed E-state index contributed by atoms with van der Waals surface area (Å²) in [5.74, 6) is 0.799. The van der Waals surface area contributed by atoms with Gasteiger partial charge in [-0.15, -0.1) is 0 Å². The van der Waals surface area contributed by atoms with Gasteiger partial charge in [0, 0.05) is 0 Å². The van der Waals surface area contributed by atoms with Gasteiger partial charge in [-0.05, 0) is 12.1 Å². The average molecular weight is 182 g/mol. The maximum atomic E-state index is 11.2. The van der Waals surface area contributed by atoms with Gasteiger partial charge in [0.05, 0.1) is 18.4 Å². The fraction of sp³-hybridized carbons (Fsp3) is 0.222. The van der Waals surface area contributed by atoms with Crippen LogP contribution in [0.25, 0.3) is 0 Å². The van der Waals surface area contributed by atoms with Gasteiger partial charge in [0.2, 0.25) is 0 Å².